The molecule has 1 amide bonds. The van der Waals surface area contributed by atoms with Crippen molar-refractivity contribution in [3.05, 3.63) is 28.2 Å². The molecule has 0 saturated carbocycles. The molecule has 2 N–H and O–H groups in total. The predicted octanol–water partition coefficient (Wildman–Crippen LogP) is 2.13. The van der Waals surface area contributed by atoms with Gasteiger partial charge in [0.25, 0.3) is 0 Å². The number of ether oxygens (including phenoxy) is 5. The minimum atomic E-state index is -1.03. The quantitative estimate of drug-likeness (QED) is 0.642. The van der Waals surface area contributed by atoms with E-state index in [4.69, 9.17) is 46.9 Å². The van der Waals surface area contributed by atoms with Gasteiger partial charge in [0.1, 0.15) is 36.7 Å². The van der Waals surface area contributed by atoms with Crippen molar-refractivity contribution in [3.8, 4) is 5.75 Å². The molecule has 10 heteroatoms. The molecule has 2 saturated heterocycles. The van der Waals surface area contributed by atoms with E-state index in [-0.39, 0.29) is 25.7 Å². The Morgan fingerprint density at radius 2 is 2.10 bits per heavy atom. The van der Waals surface area contributed by atoms with Gasteiger partial charge < -0.3 is 34.1 Å². The van der Waals surface area contributed by atoms with Crippen LogP contribution in [0.2, 0.25) is 10.0 Å². The molecule has 1 aromatic rings. The smallest absolute Gasteiger partial charge is 0.217 e. The lowest BCUT2D eigenvalue weighted by molar-refractivity contribution is -0.369. The maximum atomic E-state index is 11.6. The van der Waals surface area contributed by atoms with E-state index in [0.29, 0.717) is 15.8 Å². The van der Waals surface area contributed by atoms with Crippen molar-refractivity contribution in [2.45, 2.75) is 57.2 Å². The summed E-state index contributed by atoms with van der Waals surface area (Å²) in [5.74, 6) is -0.703. The van der Waals surface area contributed by atoms with Gasteiger partial charge in [-0.25, -0.2) is 0 Å². The lowest BCUT2D eigenvalue weighted by atomic mass is 9.95. The second-order valence-corrected chi connectivity index (χ2v) is 8.19. The number of nitrogens with one attached hydrogen (secondary N) is 1. The van der Waals surface area contributed by atoms with Crippen molar-refractivity contribution < 1.29 is 33.6 Å². The third-order valence-corrected chi connectivity index (χ3v) is 5.11. The zero-order valence-corrected chi connectivity index (χ0v) is 17.9. The number of benzene rings is 1. The van der Waals surface area contributed by atoms with E-state index in [1.807, 2.05) is 0 Å². The highest BCUT2D eigenvalue weighted by molar-refractivity contribution is 6.35. The summed E-state index contributed by atoms with van der Waals surface area (Å²) in [6, 6.07) is 4.11. The zero-order chi connectivity index (χ0) is 21.2. The highest BCUT2D eigenvalue weighted by Gasteiger charge is 2.51. The molecule has 0 aromatic heterocycles. The van der Waals surface area contributed by atoms with E-state index in [9.17, 15) is 9.90 Å². The number of halogens is 2. The monoisotopic (exact) mass is 449 g/mol. The van der Waals surface area contributed by atoms with E-state index in [1.165, 1.54) is 6.92 Å². The van der Waals surface area contributed by atoms with Crippen LogP contribution < -0.4 is 10.1 Å². The molecule has 2 aliphatic rings. The summed E-state index contributed by atoms with van der Waals surface area (Å²) in [6.07, 6.45) is -3.11. The van der Waals surface area contributed by atoms with Gasteiger partial charge in [0.15, 0.2) is 12.1 Å². The van der Waals surface area contributed by atoms with Crippen LogP contribution in [0.1, 0.15) is 20.8 Å². The first-order valence-electron chi connectivity index (χ1n) is 9.28. The minimum Gasteiger partial charge on any atom is -0.490 e. The first-order valence-corrected chi connectivity index (χ1v) is 10.0. The van der Waals surface area contributed by atoms with Gasteiger partial charge in [0.2, 0.25) is 5.91 Å². The zero-order valence-electron chi connectivity index (χ0n) is 16.4. The second-order valence-electron chi connectivity index (χ2n) is 7.35. The number of amides is 1. The van der Waals surface area contributed by atoms with Crippen molar-refractivity contribution in [1.82, 2.24) is 5.32 Å². The normalized spacial score (nSPS) is 31.0. The van der Waals surface area contributed by atoms with Crippen LogP contribution in [-0.2, 0) is 23.7 Å². The highest BCUT2D eigenvalue weighted by Crippen LogP contribution is 2.33. The summed E-state index contributed by atoms with van der Waals surface area (Å²) < 4.78 is 28.7. The Morgan fingerprint density at radius 1 is 1.34 bits per heavy atom. The van der Waals surface area contributed by atoms with Crippen LogP contribution in [0, 0.1) is 0 Å². The van der Waals surface area contributed by atoms with Crippen molar-refractivity contribution in [1.29, 1.82) is 0 Å². The van der Waals surface area contributed by atoms with Gasteiger partial charge in [-0.3, -0.25) is 4.79 Å². The van der Waals surface area contributed by atoms with E-state index in [2.05, 4.69) is 5.32 Å². The molecule has 2 heterocycles. The van der Waals surface area contributed by atoms with Crippen LogP contribution in [0.25, 0.3) is 0 Å². The third-order valence-electron chi connectivity index (χ3n) is 4.58. The lowest BCUT2D eigenvalue weighted by Crippen LogP contribution is -2.68. The van der Waals surface area contributed by atoms with Crippen molar-refractivity contribution in [2.75, 3.05) is 19.8 Å². The van der Waals surface area contributed by atoms with Crippen LogP contribution in [0.5, 0.6) is 5.75 Å². The Balaban J connectivity index is 1.59. The molecular weight excluding hydrogens is 425 g/mol. The molecule has 5 atom stereocenters. The molecule has 0 radical (unpaired) electrons. The lowest BCUT2D eigenvalue weighted by Gasteiger charge is -2.49. The molecule has 0 aliphatic carbocycles. The summed E-state index contributed by atoms with van der Waals surface area (Å²) in [4.78, 5) is 11.6. The average molecular weight is 450 g/mol. The predicted molar refractivity (Wildman–Crippen MR) is 105 cm³/mol. The standard InChI is InChI=1S/C19H25Cl2NO7/c1-10(23)22-15-16(24)17-14(9-27-19(2,3)29-17)28-18(15)26-7-6-25-13-5-4-11(20)8-12(13)21/h4-5,8,14-18,24H,6-7,9H2,1-3H3,(H,22,23)/t14-,15+,16-,17-,18+/m1/s1. The molecule has 162 valence electrons. The molecule has 3 rings (SSSR count). The van der Waals surface area contributed by atoms with E-state index < -0.39 is 36.4 Å². The SMILES string of the molecule is CC(=O)N[C@@H]1[C@@H](OCCOc2ccc(Cl)cc2Cl)O[C@@H]2COC(C)(C)O[C@H]2[C@@H]1O. The fourth-order valence-corrected chi connectivity index (χ4v) is 3.75. The molecule has 0 spiro atoms. The van der Waals surface area contributed by atoms with Crippen LogP contribution in [-0.4, -0.2) is 67.3 Å². The number of hydrogen-bond donors (Lipinski definition) is 2. The highest BCUT2D eigenvalue weighted by atomic mass is 35.5. The number of fused-ring (bicyclic) bond motifs is 1. The molecule has 2 fully saturated rings. The Hall–Kier alpha value is -1.13. The summed E-state index contributed by atoms with van der Waals surface area (Å²) in [7, 11) is 0. The Labute approximate surface area is 179 Å². The number of hydrogen-bond acceptors (Lipinski definition) is 7. The fraction of sp³-hybridized carbons (Fsp3) is 0.632. The van der Waals surface area contributed by atoms with Crippen molar-refractivity contribution in [3.63, 3.8) is 0 Å². The van der Waals surface area contributed by atoms with E-state index in [1.54, 1.807) is 32.0 Å². The number of aliphatic hydroxyl groups is 1. The van der Waals surface area contributed by atoms with Gasteiger partial charge in [-0.1, -0.05) is 23.2 Å². The van der Waals surface area contributed by atoms with Crippen molar-refractivity contribution in [2.24, 2.45) is 0 Å². The minimum absolute atomic E-state index is 0.136. The Kier molecular flexibility index (Phi) is 7.27. The van der Waals surface area contributed by atoms with Crippen LogP contribution >= 0.6 is 23.2 Å². The maximum absolute atomic E-state index is 11.6. The summed E-state index contributed by atoms with van der Waals surface area (Å²) in [5, 5.41) is 14.4. The van der Waals surface area contributed by atoms with Gasteiger partial charge in [-0.15, -0.1) is 0 Å². The summed E-state index contributed by atoms with van der Waals surface area (Å²) >= 11 is 11.9. The van der Waals surface area contributed by atoms with Gasteiger partial charge in [0.05, 0.1) is 18.2 Å². The fourth-order valence-electron chi connectivity index (χ4n) is 3.28. The number of aliphatic hydroxyl groups excluding tert-OH is 1. The van der Waals surface area contributed by atoms with E-state index in [0.717, 1.165) is 0 Å². The number of carbonyl (C=O) groups is 1. The summed E-state index contributed by atoms with van der Waals surface area (Å²) in [5.41, 5.74) is 0. The Morgan fingerprint density at radius 3 is 2.79 bits per heavy atom. The molecule has 2 aliphatic heterocycles. The third kappa shape index (κ3) is 5.73. The van der Waals surface area contributed by atoms with Gasteiger partial charge in [0, 0.05) is 11.9 Å². The summed E-state index contributed by atoms with van der Waals surface area (Å²) in [6.45, 7) is 5.42. The molecule has 0 unspecified atom stereocenters. The first kappa shape index (κ1) is 22.6. The molecule has 29 heavy (non-hydrogen) atoms. The van der Waals surface area contributed by atoms with Crippen LogP contribution in [0.3, 0.4) is 0 Å². The maximum Gasteiger partial charge on any atom is 0.217 e. The topological polar surface area (TPSA) is 95.5 Å². The van der Waals surface area contributed by atoms with Gasteiger partial charge in [-0.05, 0) is 32.0 Å². The van der Waals surface area contributed by atoms with E-state index >= 15 is 0 Å². The largest absolute Gasteiger partial charge is 0.490 e. The number of rotatable bonds is 6. The molecule has 1 aromatic carbocycles. The van der Waals surface area contributed by atoms with Gasteiger partial charge >= 0.3 is 0 Å². The number of carbonyl (C=O) groups excluding carboxylic acids is 1. The molecule has 8 nitrogen and oxygen atoms in total. The second kappa shape index (κ2) is 9.34. The van der Waals surface area contributed by atoms with Crippen molar-refractivity contribution >= 4 is 29.1 Å². The van der Waals surface area contributed by atoms with Crippen LogP contribution in [0.15, 0.2) is 18.2 Å². The average Bonchev–Trinajstić information content (AvgIpc) is 2.63. The molecule has 0 bridgehead atoms. The first-order chi connectivity index (χ1) is 13.7. The Bertz CT molecular complexity index is 733. The van der Waals surface area contributed by atoms with Crippen LogP contribution in [0.4, 0.5) is 0 Å². The molecular formula is C19H25Cl2NO7. The van der Waals surface area contributed by atoms with Gasteiger partial charge in [-0.2, -0.15) is 0 Å².